The van der Waals surface area contributed by atoms with Gasteiger partial charge in [0.1, 0.15) is 17.5 Å². The summed E-state index contributed by atoms with van der Waals surface area (Å²) >= 11 is 0. The Kier molecular flexibility index (Phi) is 1.81. The first-order valence-electron chi connectivity index (χ1n) is 4.64. The molecule has 0 aliphatic carbocycles. The first-order valence-corrected chi connectivity index (χ1v) is 4.64. The van der Waals surface area contributed by atoms with E-state index in [1.165, 1.54) is 0 Å². The fraction of sp³-hybridized carbons (Fsp3) is 0.455. The molecule has 0 amide bonds. The normalized spacial score (nSPS) is 31.2. The molecule has 0 fully saturated rings. The summed E-state index contributed by atoms with van der Waals surface area (Å²) in [6, 6.07) is 7.67. The van der Waals surface area contributed by atoms with Gasteiger partial charge in [0, 0.05) is 5.56 Å². The molecule has 1 aromatic rings. The Morgan fingerprint density at radius 2 is 2.15 bits per heavy atom. The van der Waals surface area contributed by atoms with Crippen molar-refractivity contribution in [2.24, 2.45) is 0 Å². The Hall–Kier alpha value is -1.02. The zero-order chi connectivity index (χ0) is 9.47. The molecule has 1 aliphatic heterocycles. The third-order valence-corrected chi connectivity index (χ3v) is 2.70. The van der Waals surface area contributed by atoms with Crippen molar-refractivity contribution in [1.82, 2.24) is 0 Å². The number of ether oxygens (including phenoxy) is 1. The van der Waals surface area contributed by atoms with E-state index in [1.807, 2.05) is 38.1 Å². The lowest BCUT2D eigenvalue weighted by atomic mass is 9.91. The molecule has 2 rings (SSSR count). The second-order valence-electron chi connectivity index (χ2n) is 3.66. The number of hydrogen-bond donors (Lipinski definition) is 1. The second kappa shape index (κ2) is 2.74. The van der Waals surface area contributed by atoms with Crippen LogP contribution in [0.3, 0.4) is 0 Å². The molecule has 2 heteroatoms. The Morgan fingerprint density at radius 3 is 2.77 bits per heavy atom. The predicted octanol–water partition coefficient (Wildman–Crippen LogP) is 2.07. The van der Waals surface area contributed by atoms with E-state index < -0.39 is 5.60 Å². The number of hydrogen-bond acceptors (Lipinski definition) is 2. The van der Waals surface area contributed by atoms with E-state index in [0.29, 0.717) is 0 Å². The highest BCUT2D eigenvalue weighted by atomic mass is 16.5. The lowest BCUT2D eigenvalue weighted by molar-refractivity contribution is -0.0258. The van der Waals surface area contributed by atoms with Gasteiger partial charge in [-0.25, -0.2) is 0 Å². The van der Waals surface area contributed by atoms with E-state index in [0.717, 1.165) is 17.7 Å². The van der Waals surface area contributed by atoms with Crippen molar-refractivity contribution in [3.8, 4) is 5.75 Å². The maximum Gasteiger partial charge on any atom is 0.131 e. The van der Waals surface area contributed by atoms with Crippen LogP contribution in [0.4, 0.5) is 0 Å². The van der Waals surface area contributed by atoms with Crippen molar-refractivity contribution < 1.29 is 9.84 Å². The summed E-state index contributed by atoms with van der Waals surface area (Å²) in [6.45, 7) is 3.83. The van der Waals surface area contributed by atoms with E-state index in [4.69, 9.17) is 4.74 Å². The van der Waals surface area contributed by atoms with Gasteiger partial charge in [-0.2, -0.15) is 0 Å². The molecule has 0 radical (unpaired) electrons. The largest absolute Gasteiger partial charge is 0.487 e. The standard InChI is InChI=1S/C11H14O2/c1-3-10-11(2,12)8-6-4-5-7-9(8)13-10/h4-7,10,12H,3H2,1-2H3/t10-,11+/m1/s1. The maximum absolute atomic E-state index is 10.2. The van der Waals surface area contributed by atoms with Crippen molar-refractivity contribution in [3.05, 3.63) is 29.8 Å². The molecule has 0 unspecified atom stereocenters. The topological polar surface area (TPSA) is 29.5 Å². The summed E-state index contributed by atoms with van der Waals surface area (Å²) < 4.78 is 5.62. The SMILES string of the molecule is CC[C@H]1Oc2ccccc2[C@]1(C)O. The van der Waals surface area contributed by atoms with Gasteiger partial charge in [0.05, 0.1) is 0 Å². The molecule has 1 N–H and O–H groups in total. The van der Waals surface area contributed by atoms with Crippen molar-refractivity contribution >= 4 is 0 Å². The summed E-state index contributed by atoms with van der Waals surface area (Å²) in [6.07, 6.45) is 0.715. The number of rotatable bonds is 1. The van der Waals surface area contributed by atoms with Crippen LogP contribution in [0, 0.1) is 0 Å². The van der Waals surface area contributed by atoms with Crippen LogP contribution in [0.2, 0.25) is 0 Å². The Labute approximate surface area is 78.2 Å². The molecule has 1 aromatic carbocycles. The first-order chi connectivity index (χ1) is 6.16. The van der Waals surface area contributed by atoms with Crippen molar-refractivity contribution in [3.63, 3.8) is 0 Å². The van der Waals surface area contributed by atoms with Gasteiger partial charge in [-0.15, -0.1) is 0 Å². The van der Waals surface area contributed by atoms with Crippen LogP contribution in [0.5, 0.6) is 5.75 Å². The summed E-state index contributed by atoms with van der Waals surface area (Å²) in [4.78, 5) is 0. The molecule has 1 heterocycles. The van der Waals surface area contributed by atoms with Gasteiger partial charge in [0.15, 0.2) is 0 Å². The van der Waals surface area contributed by atoms with Gasteiger partial charge in [0.2, 0.25) is 0 Å². The van der Waals surface area contributed by atoms with Crippen LogP contribution in [0.15, 0.2) is 24.3 Å². The van der Waals surface area contributed by atoms with Gasteiger partial charge >= 0.3 is 0 Å². The summed E-state index contributed by atoms with van der Waals surface area (Å²) in [5.74, 6) is 0.819. The quantitative estimate of drug-likeness (QED) is 0.713. The number of aliphatic hydroxyl groups is 1. The van der Waals surface area contributed by atoms with Gasteiger partial charge in [-0.3, -0.25) is 0 Å². The summed E-state index contributed by atoms with van der Waals surface area (Å²) in [5.41, 5.74) is 0.0765. The fourth-order valence-electron chi connectivity index (χ4n) is 1.91. The summed E-state index contributed by atoms with van der Waals surface area (Å²) in [5, 5.41) is 10.2. The Bertz CT molecular complexity index is 318. The van der Waals surface area contributed by atoms with E-state index in [1.54, 1.807) is 0 Å². The van der Waals surface area contributed by atoms with Crippen LogP contribution in [-0.4, -0.2) is 11.2 Å². The van der Waals surface area contributed by atoms with Crippen molar-refractivity contribution in [1.29, 1.82) is 0 Å². The highest BCUT2D eigenvalue weighted by Crippen LogP contribution is 2.41. The van der Waals surface area contributed by atoms with Crippen LogP contribution >= 0.6 is 0 Å². The third kappa shape index (κ3) is 1.13. The zero-order valence-corrected chi connectivity index (χ0v) is 7.95. The molecule has 0 aromatic heterocycles. The summed E-state index contributed by atoms with van der Waals surface area (Å²) in [7, 11) is 0. The molecule has 1 aliphatic rings. The Morgan fingerprint density at radius 1 is 1.46 bits per heavy atom. The van der Waals surface area contributed by atoms with E-state index in [-0.39, 0.29) is 6.10 Å². The lowest BCUT2D eigenvalue weighted by Gasteiger charge is -2.23. The Balaban J connectivity index is 2.47. The molecule has 0 bridgehead atoms. The lowest BCUT2D eigenvalue weighted by Crippen LogP contribution is -2.34. The average Bonchev–Trinajstić information content (AvgIpc) is 2.39. The van der Waals surface area contributed by atoms with E-state index >= 15 is 0 Å². The van der Waals surface area contributed by atoms with Crippen molar-refractivity contribution in [2.75, 3.05) is 0 Å². The number of fused-ring (bicyclic) bond motifs is 1. The maximum atomic E-state index is 10.2. The van der Waals surface area contributed by atoms with Crippen molar-refractivity contribution in [2.45, 2.75) is 32.0 Å². The molecule has 0 saturated heterocycles. The third-order valence-electron chi connectivity index (χ3n) is 2.70. The van der Waals surface area contributed by atoms with E-state index in [2.05, 4.69) is 0 Å². The molecule has 2 atom stereocenters. The molecule has 70 valence electrons. The fourth-order valence-corrected chi connectivity index (χ4v) is 1.91. The minimum Gasteiger partial charge on any atom is -0.487 e. The first kappa shape index (κ1) is 8.57. The minimum absolute atomic E-state index is 0.107. The van der Waals surface area contributed by atoms with Gasteiger partial charge < -0.3 is 9.84 Å². The second-order valence-corrected chi connectivity index (χ2v) is 3.66. The highest BCUT2D eigenvalue weighted by Gasteiger charge is 2.42. The monoisotopic (exact) mass is 178 g/mol. The van der Waals surface area contributed by atoms with Gasteiger partial charge in [0.25, 0.3) is 0 Å². The highest BCUT2D eigenvalue weighted by molar-refractivity contribution is 5.42. The average molecular weight is 178 g/mol. The molecule has 0 spiro atoms. The van der Waals surface area contributed by atoms with Crippen LogP contribution in [0.25, 0.3) is 0 Å². The molecule has 2 nitrogen and oxygen atoms in total. The smallest absolute Gasteiger partial charge is 0.131 e. The van der Waals surface area contributed by atoms with Gasteiger partial charge in [-0.1, -0.05) is 25.1 Å². The molecule has 13 heavy (non-hydrogen) atoms. The number of para-hydroxylation sites is 1. The molecular formula is C11H14O2. The molecule has 0 saturated carbocycles. The van der Waals surface area contributed by atoms with Crippen LogP contribution < -0.4 is 4.74 Å². The molecular weight excluding hydrogens is 164 g/mol. The van der Waals surface area contributed by atoms with Crippen LogP contribution in [0.1, 0.15) is 25.8 Å². The minimum atomic E-state index is -0.828. The predicted molar refractivity (Wildman–Crippen MR) is 50.7 cm³/mol. The van der Waals surface area contributed by atoms with Gasteiger partial charge in [-0.05, 0) is 19.4 Å². The zero-order valence-electron chi connectivity index (χ0n) is 7.95. The van der Waals surface area contributed by atoms with Crippen LogP contribution in [-0.2, 0) is 5.60 Å². The number of benzene rings is 1. The van der Waals surface area contributed by atoms with E-state index in [9.17, 15) is 5.11 Å².